The Kier molecular flexibility index (Phi) is 4.55. The molecule has 2 heterocycles. The van der Waals surface area contributed by atoms with Crippen molar-refractivity contribution in [1.82, 2.24) is 10.2 Å². The van der Waals surface area contributed by atoms with E-state index >= 15 is 0 Å². The number of benzene rings is 2. The summed E-state index contributed by atoms with van der Waals surface area (Å²) in [4.78, 5) is 39.1. The van der Waals surface area contributed by atoms with Gasteiger partial charge < -0.3 is 9.80 Å². The van der Waals surface area contributed by atoms with Gasteiger partial charge in [-0.15, -0.1) is 0 Å². The number of carbonyl (C=O) groups is 3. The standard InChI is InChI=1S/C22H18FN3O3/c1-22-11-12-25(14-26(22)20(28)19(27)24-21(22)29)18-10-9-16(13-17(18)23)8-7-15-5-3-2-4-6-15/h2-6,9-10,13H,11-12,14H2,1H3,(H,24,27,29). The molecule has 0 spiro atoms. The van der Waals surface area contributed by atoms with Crippen molar-refractivity contribution in [2.45, 2.75) is 18.9 Å². The van der Waals surface area contributed by atoms with Gasteiger partial charge in [0.1, 0.15) is 11.4 Å². The molecule has 0 aromatic heterocycles. The summed E-state index contributed by atoms with van der Waals surface area (Å²) in [5.41, 5.74) is 0.543. The van der Waals surface area contributed by atoms with E-state index in [9.17, 15) is 18.8 Å². The summed E-state index contributed by atoms with van der Waals surface area (Å²) in [5.74, 6) is 3.18. The number of carbonyl (C=O) groups excluding carboxylic acids is 3. The highest BCUT2D eigenvalue weighted by atomic mass is 19.1. The third-order valence-corrected chi connectivity index (χ3v) is 5.35. The van der Waals surface area contributed by atoms with Gasteiger partial charge in [-0.3, -0.25) is 19.7 Å². The lowest BCUT2D eigenvalue weighted by Crippen LogP contribution is -2.72. The molecule has 0 aliphatic carbocycles. The highest BCUT2D eigenvalue weighted by molar-refractivity contribution is 6.40. The first-order valence-corrected chi connectivity index (χ1v) is 9.17. The van der Waals surface area contributed by atoms with Crippen LogP contribution < -0.4 is 10.2 Å². The van der Waals surface area contributed by atoms with Gasteiger partial charge in [0.25, 0.3) is 5.91 Å². The van der Waals surface area contributed by atoms with Crippen molar-refractivity contribution < 1.29 is 18.8 Å². The van der Waals surface area contributed by atoms with Crippen LogP contribution in [0, 0.1) is 17.7 Å². The summed E-state index contributed by atoms with van der Waals surface area (Å²) in [6.07, 6.45) is 0.285. The molecule has 7 heteroatoms. The first kappa shape index (κ1) is 18.7. The molecule has 1 unspecified atom stereocenters. The van der Waals surface area contributed by atoms with Gasteiger partial charge in [0, 0.05) is 17.7 Å². The van der Waals surface area contributed by atoms with Crippen LogP contribution in [0.2, 0.25) is 0 Å². The molecule has 2 aromatic rings. The van der Waals surface area contributed by atoms with Crippen LogP contribution in [0.3, 0.4) is 0 Å². The predicted octanol–water partition coefficient (Wildman–Crippen LogP) is 1.64. The number of nitrogens with one attached hydrogen (secondary N) is 1. The number of hydrogen-bond acceptors (Lipinski definition) is 4. The second kappa shape index (κ2) is 7.06. The summed E-state index contributed by atoms with van der Waals surface area (Å²) in [6, 6.07) is 14.0. The highest BCUT2D eigenvalue weighted by Crippen LogP contribution is 2.32. The number of fused-ring (bicyclic) bond motifs is 1. The van der Waals surface area contributed by atoms with Crippen molar-refractivity contribution in [3.05, 3.63) is 65.5 Å². The van der Waals surface area contributed by atoms with Gasteiger partial charge in [0.15, 0.2) is 0 Å². The van der Waals surface area contributed by atoms with E-state index in [0.717, 1.165) is 5.56 Å². The summed E-state index contributed by atoms with van der Waals surface area (Å²) in [7, 11) is 0. The van der Waals surface area contributed by atoms with E-state index in [1.165, 1.54) is 11.0 Å². The van der Waals surface area contributed by atoms with Crippen LogP contribution in [0.15, 0.2) is 48.5 Å². The van der Waals surface area contributed by atoms with Crippen molar-refractivity contribution in [3.63, 3.8) is 0 Å². The number of halogens is 1. The van der Waals surface area contributed by atoms with Crippen LogP contribution in [0.1, 0.15) is 24.5 Å². The lowest BCUT2D eigenvalue weighted by molar-refractivity contribution is -0.163. The minimum Gasteiger partial charge on any atom is -0.351 e. The van der Waals surface area contributed by atoms with E-state index in [1.807, 2.05) is 30.3 Å². The number of amides is 3. The van der Waals surface area contributed by atoms with Gasteiger partial charge in [-0.25, -0.2) is 4.39 Å². The lowest BCUT2D eigenvalue weighted by Gasteiger charge is -2.49. The van der Waals surface area contributed by atoms with Gasteiger partial charge in [-0.2, -0.15) is 0 Å². The third kappa shape index (κ3) is 3.34. The molecule has 2 saturated heterocycles. The summed E-state index contributed by atoms with van der Waals surface area (Å²) >= 11 is 0. The molecule has 0 radical (unpaired) electrons. The number of imide groups is 1. The van der Waals surface area contributed by atoms with E-state index in [0.29, 0.717) is 17.8 Å². The van der Waals surface area contributed by atoms with Crippen LogP contribution in [0.5, 0.6) is 0 Å². The maximum Gasteiger partial charge on any atom is 0.316 e. The van der Waals surface area contributed by atoms with Crippen molar-refractivity contribution in [2.24, 2.45) is 0 Å². The second-order valence-electron chi connectivity index (χ2n) is 7.23. The monoisotopic (exact) mass is 391 g/mol. The quantitative estimate of drug-likeness (QED) is 0.456. The minimum absolute atomic E-state index is 0.0412. The average molecular weight is 391 g/mol. The van der Waals surface area contributed by atoms with Crippen molar-refractivity contribution >= 4 is 23.4 Å². The molecule has 2 fully saturated rings. The first-order valence-electron chi connectivity index (χ1n) is 9.17. The molecule has 0 bridgehead atoms. The minimum atomic E-state index is -1.11. The van der Waals surface area contributed by atoms with E-state index in [1.54, 1.807) is 24.0 Å². The maximum absolute atomic E-state index is 14.8. The SMILES string of the molecule is CC12CCN(c3ccc(C#Cc4ccccc4)cc3F)CN1C(=O)C(=O)NC2=O. The fourth-order valence-corrected chi connectivity index (χ4v) is 3.53. The molecule has 0 saturated carbocycles. The van der Waals surface area contributed by atoms with Crippen LogP contribution in [-0.2, 0) is 14.4 Å². The van der Waals surface area contributed by atoms with Crippen molar-refractivity contribution in [2.75, 3.05) is 18.1 Å². The topological polar surface area (TPSA) is 69.7 Å². The van der Waals surface area contributed by atoms with E-state index in [4.69, 9.17) is 0 Å². The Morgan fingerprint density at radius 2 is 1.76 bits per heavy atom. The molecule has 6 nitrogen and oxygen atoms in total. The highest BCUT2D eigenvalue weighted by Gasteiger charge is 2.52. The number of nitrogens with zero attached hydrogens (tertiary/aromatic N) is 2. The average Bonchev–Trinajstić information content (AvgIpc) is 2.72. The Morgan fingerprint density at radius 3 is 2.48 bits per heavy atom. The molecule has 2 aliphatic heterocycles. The maximum atomic E-state index is 14.8. The zero-order valence-electron chi connectivity index (χ0n) is 15.7. The van der Waals surface area contributed by atoms with Gasteiger partial charge in [0.05, 0.1) is 12.4 Å². The van der Waals surface area contributed by atoms with E-state index in [-0.39, 0.29) is 13.1 Å². The Labute approximate surface area is 167 Å². The number of piperazine rings is 1. The molecular formula is C22H18FN3O3. The third-order valence-electron chi connectivity index (χ3n) is 5.35. The molecule has 1 atom stereocenters. The van der Waals surface area contributed by atoms with Crippen LogP contribution >= 0.6 is 0 Å². The van der Waals surface area contributed by atoms with Gasteiger partial charge in [0.2, 0.25) is 0 Å². The molecule has 2 aliphatic rings. The summed E-state index contributed by atoms with van der Waals surface area (Å²) in [6.45, 7) is 1.94. The van der Waals surface area contributed by atoms with Crippen LogP contribution in [0.25, 0.3) is 0 Å². The van der Waals surface area contributed by atoms with Gasteiger partial charge in [-0.1, -0.05) is 30.0 Å². The normalized spacial score (nSPS) is 21.2. The van der Waals surface area contributed by atoms with Gasteiger partial charge in [-0.05, 0) is 43.7 Å². The Bertz CT molecular complexity index is 1070. The molecular weight excluding hydrogens is 373 g/mol. The Balaban J connectivity index is 1.57. The zero-order valence-corrected chi connectivity index (χ0v) is 15.7. The second-order valence-corrected chi connectivity index (χ2v) is 7.23. The zero-order chi connectivity index (χ0) is 20.6. The first-order chi connectivity index (χ1) is 13.9. The molecule has 1 N–H and O–H groups in total. The number of anilines is 1. The number of rotatable bonds is 1. The van der Waals surface area contributed by atoms with Gasteiger partial charge >= 0.3 is 11.8 Å². The Morgan fingerprint density at radius 1 is 1.03 bits per heavy atom. The molecule has 2 aromatic carbocycles. The smallest absolute Gasteiger partial charge is 0.316 e. The van der Waals surface area contributed by atoms with Crippen molar-refractivity contribution in [3.8, 4) is 11.8 Å². The van der Waals surface area contributed by atoms with E-state index in [2.05, 4.69) is 17.2 Å². The fraction of sp³-hybridized carbons (Fsp3) is 0.227. The van der Waals surface area contributed by atoms with Crippen LogP contribution in [0.4, 0.5) is 10.1 Å². The fourth-order valence-electron chi connectivity index (χ4n) is 3.53. The Hall–Kier alpha value is -3.66. The lowest BCUT2D eigenvalue weighted by atomic mass is 9.89. The molecule has 3 amide bonds. The molecule has 4 rings (SSSR count). The molecule has 29 heavy (non-hydrogen) atoms. The predicted molar refractivity (Wildman–Crippen MR) is 104 cm³/mol. The largest absolute Gasteiger partial charge is 0.351 e. The summed E-state index contributed by atoms with van der Waals surface area (Å²) in [5, 5.41) is 2.09. The number of hydrogen-bond donors (Lipinski definition) is 1. The van der Waals surface area contributed by atoms with E-state index < -0.39 is 29.1 Å². The summed E-state index contributed by atoms with van der Waals surface area (Å²) < 4.78 is 14.8. The van der Waals surface area contributed by atoms with Crippen LogP contribution in [-0.4, -0.2) is 41.4 Å². The van der Waals surface area contributed by atoms with Crippen molar-refractivity contribution in [1.29, 1.82) is 0 Å². The molecule has 146 valence electrons.